The molecule has 94 valence electrons. The van der Waals surface area contributed by atoms with Gasteiger partial charge in [-0.15, -0.1) is 0 Å². The summed E-state index contributed by atoms with van der Waals surface area (Å²) in [5.41, 5.74) is 6.28. The lowest BCUT2D eigenvalue weighted by atomic mass is 10.1. The van der Waals surface area contributed by atoms with Crippen LogP contribution in [0.2, 0.25) is 0 Å². The predicted octanol–water partition coefficient (Wildman–Crippen LogP) is 0.828. The molecule has 1 aliphatic heterocycles. The van der Waals surface area contributed by atoms with Crippen molar-refractivity contribution in [3.63, 3.8) is 0 Å². The first-order chi connectivity index (χ1) is 7.91. The van der Waals surface area contributed by atoms with Gasteiger partial charge < -0.3 is 10.6 Å². The number of nitrogens with two attached hydrogens (primary N) is 1. The molecule has 0 unspecified atom stereocenters. The van der Waals surface area contributed by atoms with Crippen LogP contribution in [0.5, 0.6) is 0 Å². The standard InChI is InChI=1S/C10H17N5O2/c1-6(2)14-10(13-4-8(11)5-13)9(15(16)17)7(3)12-14/h6,8H,4-5,11H2,1-3H3. The molecule has 1 aromatic heterocycles. The Balaban J connectivity index is 2.48. The molecule has 0 amide bonds. The van der Waals surface area contributed by atoms with E-state index in [1.807, 2.05) is 18.7 Å². The SMILES string of the molecule is Cc1nn(C(C)C)c(N2CC(N)C2)c1[N+](=O)[O-]. The van der Waals surface area contributed by atoms with E-state index in [2.05, 4.69) is 5.10 Å². The van der Waals surface area contributed by atoms with Gasteiger partial charge in [0.25, 0.3) is 0 Å². The average Bonchev–Trinajstić information content (AvgIpc) is 2.50. The summed E-state index contributed by atoms with van der Waals surface area (Å²) in [6, 6.07) is 0.194. The minimum Gasteiger partial charge on any atom is -0.348 e. The second-order valence-corrected chi connectivity index (χ2v) is 4.72. The first-order valence-electron chi connectivity index (χ1n) is 5.65. The molecule has 0 aliphatic carbocycles. The molecule has 1 fully saturated rings. The molecule has 1 saturated heterocycles. The largest absolute Gasteiger partial charge is 0.348 e. The second kappa shape index (κ2) is 3.99. The molecule has 0 saturated carbocycles. The van der Waals surface area contributed by atoms with Crippen LogP contribution in [0.1, 0.15) is 25.6 Å². The third-order valence-corrected chi connectivity index (χ3v) is 2.91. The zero-order valence-corrected chi connectivity index (χ0v) is 10.3. The molecule has 2 rings (SSSR count). The van der Waals surface area contributed by atoms with Crippen LogP contribution >= 0.6 is 0 Å². The van der Waals surface area contributed by atoms with Crippen LogP contribution in [-0.4, -0.2) is 33.8 Å². The number of hydrogen-bond acceptors (Lipinski definition) is 5. The van der Waals surface area contributed by atoms with Crippen molar-refractivity contribution in [3.05, 3.63) is 15.8 Å². The normalized spacial score (nSPS) is 16.4. The van der Waals surface area contributed by atoms with Gasteiger partial charge >= 0.3 is 5.69 Å². The summed E-state index contributed by atoms with van der Waals surface area (Å²) in [6.45, 7) is 6.89. The summed E-state index contributed by atoms with van der Waals surface area (Å²) >= 11 is 0. The van der Waals surface area contributed by atoms with Gasteiger partial charge in [0, 0.05) is 25.2 Å². The summed E-state index contributed by atoms with van der Waals surface area (Å²) in [7, 11) is 0. The zero-order valence-electron chi connectivity index (χ0n) is 10.3. The maximum absolute atomic E-state index is 11.1. The van der Waals surface area contributed by atoms with E-state index in [9.17, 15) is 10.1 Å². The van der Waals surface area contributed by atoms with Gasteiger partial charge in [0.2, 0.25) is 5.82 Å². The third kappa shape index (κ3) is 1.86. The van der Waals surface area contributed by atoms with Crippen molar-refractivity contribution in [1.29, 1.82) is 0 Å². The smallest absolute Gasteiger partial charge is 0.333 e. The Bertz CT molecular complexity index is 448. The molecule has 2 N–H and O–H groups in total. The third-order valence-electron chi connectivity index (χ3n) is 2.91. The Morgan fingerprint density at radius 3 is 2.53 bits per heavy atom. The molecule has 1 aliphatic rings. The summed E-state index contributed by atoms with van der Waals surface area (Å²) in [5, 5.41) is 15.4. The van der Waals surface area contributed by atoms with E-state index in [1.165, 1.54) is 0 Å². The number of aromatic nitrogens is 2. The van der Waals surface area contributed by atoms with Crippen LogP contribution in [0.15, 0.2) is 0 Å². The number of anilines is 1. The zero-order chi connectivity index (χ0) is 12.7. The topological polar surface area (TPSA) is 90.2 Å². The fraction of sp³-hybridized carbons (Fsp3) is 0.700. The average molecular weight is 239 g/mol. The van der Waals surface area contributed by atoms with Crippen molar-refractivity contribution in [2.75, 3.05) is 18.0 Å². The van der Waals surface area contributed by atoms with Gasteiger partial charge in [-0.3, -0.25) is 10.1 Å². The summed E-state index contributed by atoms with van der Waals surface area (Å²) in [5.74, 6) is 0.587. The molecule has 0 bridgehead atoms. The highest BCUT2D eigenvalue weighted by Gasteiger charge is 2.35. The molecule has 1 aromatic rings. The maximum Gasteiger partial charge on any atom is 0.333 e. The summed E-state index contributed by atoms with van der Waals surface area (Å²) in [4.78, 5) is 12.7. The number of hydrogen-bond donors (Lipinski definition) is 1. The van der Waals surface area contributed by atoms with Crippen LogP contribution in [0.3, 0.4) is 0 Å². The van der Waals surface area contributed by atoms with Gasteiger partial charge in [0.05, 0.1) is 4.92 Å². The predicted molar refractivity (Wildman–Crippen MR) is 64.2 cm³/mol. The molecule has 0 atom stereocenters. The monoisotopic (exact) mass is 239 g/mol. The second-order valence-electron chi connectivity index (χ2n) is 4.72. The molecule has 2 heterocycles. The lowest BCUT2D eigenvalue weighted by molar-refractivity contribution is -0.384. The van der Waals surface area contributed by atoms with Crippen molar-refractivity contribution in [3.8, 4) is 0 Å². The number of nitrogens with zero attached hydrogens (tertiary/aromatic N) is 4. The van der Waals surface area contributed by atoms with E-state index in [0.717, 1.165) is 0 Å². The summed E-state index contributed by atoms with van der Waals surface area (Å²) < 4.78 is 1.71. The number of nitro groups is 1. The van der Waals surface area contributed by atoms with Crippen LogP contribution in [0, 0.1) is 17.0 Å². The van der Waals surface area contributed by atoms with E-state index in [4.69, 9.17) is 5.73 Å². The van der Waals surface area contributed by atoms with E-state index >= 15 is 0 Å². The first kappa shape index (κ1) is 11.8. The number of aryl methyl sites for hydroxylation is 1. The highest BCUT2D eigenvalue weighted by Crippen LogP contribution is 2.35. The van der Waals surface area contributed by atoms with E-state index in [-0.39, 0.29) is 22.7 Å². The Hall–Kier alpha value is -1.63. The molecule has 0 aromatic carbocycles. The minimum atomic E-state index is -0.361. The maximum atomic E-state index is 11.1. The minimum absolute atomic E-state index is 0.0919. The van der Waals surface area contributed by atoms with Crippen molar-refractivity contribution in [2.24, 2.45) is 5.73 Å². The number of rotatable bonds is 3. The molecular formula is C10H17N5O2. The van der Waals surface area contributed by atoms with Gasteiger partial charge in [-0.1, -0.05) is 0 Å². The highest BCUT2D eigenvalue weighted by molar-refractivity contribution is 5.63. The molecule has 0 radical (unpaired) electrons. The quantitative estimate of drug-likeness (QED) is 0.623. The lowest BCUT2D eigenvalue weighted by Crippen LogP contribution is -2.56. The Labute approximate surface area is 99.3 Å². The van der Waals surface area contributed by atoms with Crippen LogP contribution < -0.4 is 10.6 Å². The fourth-order valence-electron chi connectivity index (χ4n) is 2.08. The van der Waals surface area contributed by atoms with Crippen molar-refractivity contribution < 1.29 is 4.92 Å². The molecular weight excluding hydrogens is 222 g/mol. The van der Waals surface area contributed by atoms with Crippen LogP contribution in [0.4, 0.5) is 11.5 Å². The van der Waals surface area contributed by atoms with Crippen LogP contribution in [-0.2, 0) is 0 Å². The molecule has 0 spiro atoms. The first-order valence-corrected chi connectivity index (χ1v) is 5.65. The van der Waals surface area contributed by atoms with Gasteiger partial charge in [0.15, 0.2) is 0 Å². The van der Waals surface area contributed by atoms with E-state index in [1.54, 1.807) is 11.6 Å². The van der Waals surface area contributed by atoms with Crippen LogP contribution in [0.25, 0.3) is 0 Å². The Kier molecular flexibility index (Phi) is 2.78. The molecule has 7 nitrogen and oxygen atoms in total. The van der Waals surface area contributed by atoms with Gasteiger partial charge in [-0.25, -0.2) is 4.68 Å². The summed E-state index contributed by atoms with van der Waals surface area (Å²) in [6.07, 6.45) is 0. The fourth-order valence-corrected chi connectivity index (χ4v) is 2.08. The molecule has 17 heavy (non-hydrogen) atoms. The van der Waals surface area contributed by atoms with E-state index in [0.29, 0.717) is 24.6 Å². The van der Waals surface area contributed by atoms with Gasteiger partial charge in [-0.05, 0) is 20.8 Å². The van der Waals surface area contributed by atoms with Gasteiger partial charge in [0.1, 0.15) is 5.69 Å². The van der Waals surface area contributed by atoms with Crippen molar-refractivity contribution in [1.82, 2.24) is 9.78 Å². The molecule has 7 heteroatoms. The highest BCUT2D eigenvalue weighted by atomic mass is 16.6. The lowest BCUT2D eigenvalue weighted by Gasteiger charge is -2.38. The van der Waals surface area contributed by atoms with Crippen molar-refractivity contribution in [2.45, 2.75) is 32.9 Å². The van der Waals surface area contributed by atoms with Crippen molar-refractivity contribution >= 4 is 11.5 Å². The van der Waals surface area contributed by atoms with E-state index < -0.39 is 0 Å². The van der Waals surface area contributed by atoms with Gasteiger partial charge in [-0.2, -0.15) is 5.10 Å². The Morgan fingerprint density at radius 2 is 2.12 bits per heavy atom. The Morgan fingerprint density at radius 1 is 1.53 bits per heavy atom.